The Morgan fingerprint density at radius 2 is 2.24 bits per heavy atom. The molecule has 2 aromatic rings. The van der Waals surface area contributed by atoms with Gasteiger partial charge in [-0.25, -0.2) is 4.79 Å². The number of rotatable bonds is 4. The van der Waals surface area contributed by atoms with Gasteiger partial charge in [-0.15, -0.1) is 0 Å². The third-order valence-electron chi connectivity index (χ3n) is 2.70. The summed E-state index contributed by atoms with van der Waals surface area (Å²) in [5.41, 5.74) is 2.12. The molecule has 2 aromatic heterocycles. The van der Waals surface area contributed by atoms with Crippen molar-refractivity contribution < 1.29 is 9.90 Å². The fourth-order valence-corrected chi connectivity index (χ4v) is 1.84. The number of carboxylic acids is 1. The van der Waals surface area contributed by atoms with E-state index in [0.717, 1.165) is 17.7 Å². The molecule has 0 aliphatic carbocycles. The van der Waals surface area contributed by atoms with Crippen molar-refractivity contribution in [1.29, 1.82) is 0 Å². The van der Waals surface area contributed by atoms with E-state index >= 15 is 0 Å². The van der Waals surface area contributed by atoms with Crippen molar-refractivity contribution in [3.63, 3.8) is 0 Å². The number of hydrogen-bond donors (Lipinski definition) is 1. The Bertz CT molecular complexity index is 517. The number of nitrogens with zero attached hydrogens (tertiary/aromatic N) is 2. The van der Waals surface area contributed by atoms with Crippen LogP contribution in [-0.4, -0.2) is 20.6 Å². The van der Waals surface area contributed by atoms with Crippen LogP contribution >= 0.6 is 0 Å². The minimum atomic E-state index is -0.881. The topological polar surface area (TPSA) is 55.1 Å². The molecule has 88 valence electrons. The van der Waals surface area contributed by atoms with Crippen LogP contribution in [0.4, 0.5) is 0 Å². The Morgan fingerprint density at radius 1 is 1.41 bits per heavy atom. The van der Waals surface area contributed by atoms with E-state index < -0.39 is 5.97 Å². The lowest BCUT2D eigenvalue weighted by Crippen LogP contribution is -2.11. The van der Waals surface area contributed by atoms with Gasteiger partial charge >= 0.3 is 5.97 Å². The van der Waals surface area contributed by atoms with Gasteiger partial charge in [-0.3, -0.25) is 4.98 Å². The van der Waals surface area contributed by atoms with Crippen molar-refractivity contribution in [3.8, 4) is 0 Å². The summed E-state index contributed by atoms with van der Waals surface area (Å²) in [6.45, 7) is 2.44. The number of aryl methyl sites for hydroxylation is 3. The minimum Gasteiger partial charge on any atom is -0.477 e. The molecular weight excluding hydrogens is 216 g/mol. The second kappa shape index (κ2) is 4.82. The molecule has 0 aliphatic rings. The summed E-state index contributed by atoms with van der Waals surface area (Å²) in [4.78, 5) is 15.3. The number of aromatic carboxylic acids is 1. The first-order chi connectivity index (χ1) is 8.18. The fraction of sp³-hybridized carbons (Fsp3) is 0.231. The van der Waals surface area contributed by atoms with E-state index in [1.54, 1.807) is 17.7 Å². The van der Waals surface area contributed by atoms with Gasteiger partial charge in [0.2, 0.25) is 0 Å². The maximum absolute atomic E-state index is 11.1. The summed E-state index contributed by atoms with van der Waals surface area (Å²) < 4.78 is 1.76. The summed E-state index contributed by atoms with van der Waals surface area (Å²) in [7, 11) is 0. The Labute approximate surface area is 99.5 Å². The van der Waals surface area contributed by atoms with E-state index in [9.17, 15) is 4.79 Å². The van der Waals surface area contributed by atoms with Gasteiger partial charge in [-0.05, 0) is 30.7 Å². The molecule has 0 fully saturated rings. The smallest absolute Gasteiger partial charge is 0.352 e. The predicted molar refractivity (Wildman–Crippen MR) is 64.1 cm³/mol. The van der Waals surface area contributed by atoms with Crippen LogP contribution in [0.5, 0.6) is 0 Å². The second-order valence-electron chi connectivity index (χ2n) is 3.92. The van der Waals surface area contributed by atoms with E-state index in [4.69, 9.17) is 5.11 Å². The van der Waals surface area contributed by atoms with Gasteiger partial charge < -0.3 is 9.67 Å². The van der Waals surface area contributed by atoms with Gasteiger partial charge in [0.25, 0.3) is 0 Å². The molecule has 0 amide bonds. The van der Waals surface area contributed by atoms with Gasteiger partial charge in [0.05, 0.1) is 0 Å². The number of aromatic nitrogens is 2. The van der Waals surface area contributed by atoms with Crippen molar-refractivity contribution in [2.75, 3.05) is 0 Å². The van der Waals surface area contributed by atoms with Crippen molar-refractivity contribution in [3.05, 3.63) is 53.6 Å². The highest BCUT2D eigenvalue weighted by Crippen LogP contribution is 2.11. The van der Waals surface area contributed by atoms with Crippen LogP contribution in [0.15, 0.2) is 36.7 Å². The van der Waals surface area contributed by atoms with Crippen molar-refractivity contribution in [1.82, 2.24) is 9.55 Å². The first-order valence-electron chi connectivity index (χ1n) is 5.47. The zero-order valence-electron chi connectivity index (χ0n) is 9.63. The molecule has 4 nitrogen and oxygen atoms in total. The van der Waals surface area contributed by atoms with E-state index in [0.29, 0.717) is 12.2 Å². The quantitative estimate of drug-likeness (QED) is 0.875. The van der Waals surface area contributed by atoms with Crippen molar-refractivity contribution in [2.45, 2.75) is 19.9 Å². The number of hydrogen-bond acceptors (Lipinski definition) is 2. The molecule has 0 unspecified atom stereocenters. The molecule has 2 heterocycles. The number of carbonyl (C=O) groups is 1. The standard InChI is InChI=1S/C13H14N2O2/c1-10-5-8-15(12(10)13(16)17)9-6-11-4-2-3-7-14-11/h2-5,7-8H,6,9H2,1H3,(H,16,17). The Morgan fingerprint density at radius 3 is 2.88 bits per heavy atom. The van der Waals surface area contributed by atoms with Crippen LogP contribution in [-0.2, 0) is 13.0 Å². The molecule has 2 rings (SSSR count). The summed E-state index contributed by atoms with van der Waals surface area (Å²) >= 11 is 0. The average Bonchev–Trinajstić information content (AvgIpc) is 2.69. The fourth-order valence-electron chi connectivity index (χ4n) is 1.84. The van der Waals surface area contributed by atoms with Gasteiger partial charge in [-0.2, -0.15) is 0 Å². The van der Waals surface area contributed by atoms with E-state index in [-0.39, 0.29) is 0 Å². The zero-order chi connectivity index (χ0) is 12.3. The molecule has 17 heavy (non-hydrogen) atoms. The Balaban J connectivity index is 2.12. The molecule has 0 radical (unpaired) electrons. The van der Waals surface area contributed by atoms with Crippen molar-refractivity contribution in [2.24, 2.45) is 0 Å². The number of carboxylic acid groups (broad SMARTS) is 1. The summed E-state index contributed by atoms with van der Waals surface area (Å²) in [6, 6.07) is 7.56. The third kappa shape index (κ3) is 2.53. The van der Waals surface area contributed by atoms with Crippen molar-refractivity contribution >= 4 is 5.97 Å². The summed E-state index contributed by atoms with van der Waals surface area (Å²) in [5, 5.41) is 9.10. The van der Waals surface area contributed by atoms with Gasteiger partial charge in [0.15, 0.2) is 0 Å². The van der Waals surface area contributed by atoms with E-state index in [1.807, 2.05) is 30.5 Å². The van der Waals surface area contributed by atoms with Crippen LogP contribution in [0.2, 0.25) is 0 Å². The predicted octanol–water partition coefficient (Wildman–Crippen LogP) is 2.13. The highest BCUT2D eigenvalue weighted by molar-refractivity contribution is 5.87. The largest absolute Gasteiger partial charge is 0.477 e. The van der Waals surface area contributed by atoms with Crippen LogP contribution < -0.4 is 0 Å². The SMILES string of the molecule is Cc1ccn(CCc2ccccn2)c1C(=O)O. The maximum atomic E-state index is 11.1. The van der Waals surface area contributed by atoms with E-state index in [2.05, 4.69) is 4.98 Å². The lowest BCUT2D eigenvalue weighted by molar-refractivity contribution is 0.0684. The molecule has 0 aliphatic heterocycles. The zero-order valence-corrected chi connectivity index (χ0v) is 9.63. The molecule has 1 N–H and O–H groups in total. The molecule has 0 aromatic carbocycles. The highest BCUT2D eigenvalue weighted by atomic mass is 16.4. The molecule has 0 atom stereocenters. The molecule has 0 bridgehead atoms. The highest BCUT2D eigenvalue weighted by Gasteiger charge is 2.12. The summed E-state index contributed by atoms with van der Waals surface area (Å²) in [5.74, 6) is -0.881. The van der Waals surface area contributed by atoms with Gasteiger partial charge in [-0.1, -0.05) is 6.07 Å². The third-order valence-corrected chi connectivity index (χ3v) is 2.70. The van der Waals surface area contributed by atoms with Crippen LogP contribution in [0.1, 0.15) is 21.7 Å². The van der Waals surface area contributed by atoms with E-state index in [1.165, 1.54) is 0 Å². The first-order valence-corrected chi connectivity index (χ1v) is 5.47. The lowest BCUT2D eigenvalue weighted by Gasteiger charge is -2.06. The Kier molecular flexibility index (Phi) is 3.23. The molecule has 0 spiro atoms. The van der Waals surface area contributed by atoms with Gasteiger partial charge in [0, 0.05) is 31.1 Å². The molecule has 0 saturated carbocycles. The maximum Gasteiger partial charge on any atom is 0.352 e. The Hall–Kier alpha value is -2.10. The summed E-state index contributed by atoms with van der Waals surface area (Å²) in [6.07, 6.45) is 4.28. The van der Waals surface area contributed by atoms with Crippen LogP contribution in [0, 0.1) is 6.92 Å². The monoisotopic (exact) mass is 230 g/mol. The second-order valence-corrected chi connectivity index (χ2v) is 3.92. The van der Waals surface area contributed by atoms with Gasteiger partial charge in [0.1, 0.15) is 5.69 Å². The van der Waals surface area contributed by atoms with Crippen LogP contribution in [0.25, 0.3) is 0 Å². The minimum absolute atomic E-state index is 0.362. The lowest BCUT2D eigenvalue weighted by atomic mass is 10.2. The molecule has 0 saturated heterocycles. The molecular formula is C13H14N2O2. The number of pyridine rings is 1. The normalized spacial score (nSPS) is 10.4. The first kappa shape index (κ1) is 11.4. The average molecular weight is 230 g/mol. The molecule has 4 heteroatoms. The van der Waals surface area contributed by atoms with Crippen LogP contribution in [0.3, 0.4) is 0 Å².